The summed E-state index contributed by atoms with van der Waals surface area (Å²) in [6.07, 6.45) is 3.67. The lowest BCUT2D eigenvalue weighted by atomic mass is 10.2. The summed E-state index contributed by atoms with van der Waals surface area (Å²) in [5.74, 6) is 0.121. The number of aryl methyl sites for hydroxylation is 1. The van der Waals surface area contributed by atoms with E-state index in [0.717, 1.165) is 5.56 Å². The molecule has 1 heterocycles. The number of carbonyl (C=O) groups is 1. The molecule has 0 unspecified atom stereocenters. The summed E-state index contributed by atoms with van der Waals surface area (Å²) in [5.41, 5.74) is 0.775. The highest BCUT2D eigenvalue weighted by molar-refractivity contribution is 5.93. The smallest absolute Gasteiger partial charge is 0.270 e. The Hall–Kier alpha value is -1.17. The first-order valence-electron chi connectivity index (χ1n) is 4.76. The highest BCUT2D eigenvalue weighted by Crippen LogP contribution is 1.98. The average molecular weight is 229 g/mol. The molecule has 0 aliphatic carbocycles. The molecule has 0 amide bonds. The summed E-state index contributed by atoms with van der Waals surface area (Å²) in [6, 6.07) is 1.81. The number of hydrogen-bond acceptors (Lipinski definition) is 4. The van der Waals surface area contributed by atoms with Crippen LogP contribution in [0.25, 0.3) is 0 Å². The zero-order chi connectivity index (χ0) is 12.6. The number of carbonyl (C=O) groups excluding carboxylic acids is 1. The van der Waals surface area contributed by atoms with Gasteiger partial charge in [-0.05, 0) is 13.0 Å². The third kappa shape index (κ3) is 5.65. The number of aromatic nitrogens is 1. The molecular weight excluding hydrogens is 210 g/mol. The van der Waals surface area contributed by atoms with Crippen LogP contribution in [0.4, 0.5) is 0 Å². The standard InChI is InChI=1S/C7H9NO.C4H10O3/c1-6(9)7-3-4-8(2)5-7;1-5-4(6-2)7-3/h3-5H,1-2H3;4H,1-3H3. The molecule has 1 aromatic heterocycles. The lowest BCUT2D eigenvalue weighted by Crippen LogP contribution is -2.14. The van der Waals surface area contributed by atoms with Crippen molar-refractivity contribution in [3.8, 4) is 0 Å². The van der Waals surface area contributed by atoms with Gasteiger partial charge in [-0.15, -0.1) is 0 Å². The Morgan fingerprint density at radius 2 is 1.75 bits per heavy atom. The topological polar surface area (TPSA) is 49.7 Å². The maximum atomic E-state index is 10.6. The van der Waals surface area contributed by atoms with Gasteiger partial charge in [0.1, 0.15) is 0 Å². The number of Topliss-reactive ketones (excluding diaryl/α,β-unsaturated/α-hetero) is 1. The lowest BCUT2D eigenvalue weighted by molar-refractivity contribution is -0.252. The van der Waals surface area contributed by atoms with E-state index >= 15 is 0 Å². The summed E-state index contributed by atoms with van der Waals surface area (Å²) < 4.78 is 15.7. The minimum atomic E-state index is -0.514. The quantitative estimate of drug-likeness (QED) is 0.579. The largest absolute Gasteiger partial charge is 0.357 e. The van der Waals surface area contributed by atoms with E-state index < -0.39 is 6.48 Å². The second kappa shape index (κ2) is 8.04. The van der Waals surface area contributed by atoms with Gasteiger partial charge < -0.3 is 18.8 Å². The Bertz CT molecular complexity index is 299. The van der Waals surface area contributed by atoms with Gasteiger partial charge in [0.15, 0.2) is 5.78 Å². The van der Waals surface area contributed by atoms with E-state index in [1.807, 2.05) is 30.1 Å². The fraction of sp³-hybridized carbons (Fsp3) is 0.545. The molecule has 1 aromatic rings. The summed E-state index contributed by atoms with van der Waals surface area (Å²) in [5, 5.41) is 0. The van der Waals surface area contributed by atoms with E-state index in [0.29, 0.717) is 0 Å². The third-order valence-electron chi connectivity index (χ3n) is 1.82. The van der Waals surface area contributed by atoms with Crippen molar-refractivity contribution in [2.45, 2.75) is 13.4 Å². The number of rotatable bonds is 4. The Balaban J connectivity index is 0.000000293. The molecule has 0 atom stereocenters. The predicted molar refractivity (Wildman–Crippen MR) is 60.2 cm³/mol. The molecule has 0 aromatic carbocycles. The van der Waals surface area contributed by atoms with E-state index in [1.165, 1.54) is 21.3 Å². The zero-order valence-corrected chi connectivity index (χ0v) is 10.4. The number of hydrogen-bond donors (Lipinski definition) is 0. The summed E-state index contributed by atoms with van der Waals surface area (Å²) in [7, 11) is 6.43. The number of ether oxygens (including phenoxy) is 3. The summed E-state index contributed by atoms with van der Waals surface area (Å²) >= 11 is 0. The van der Waals surface area contributed by atoms with Crippen molar-refractivity contribution >= 4 is 5.78 Å². The van der Waals surface area contributed by atoms with Gasteiger partial charge in [-0.3, -0.25) is 4.79 Å². The molecule has 92 valence electrons. The molecule has 0 radical (unpaired) electrons. The number of ketones is 1. The molecule has 0 fully saturated rings. The average Bonchev–Trinajstić information content (AvgIpc) is 2.69. The molecule has 0 N–H and O–H groups in total. The molecule has 5 nitrogen and oxygen atoms in total. The van der Waals surface area contributed by atoms with Crippen LogP contribution in [0.3, 0.4) is 0 Å². The molecule has 16 heavy (non-hydrogen) atoms. The molecule has 1 rings (SSSR count). The van der Waals surface area contributed by atoms with Crippen molar-refractivity contribution in [3.63, 3.8) is 0 Å². The van der Waals surface area contributed by atoms with Gasteiger partial charge in [0.25, 0.3) is 6.48 Å². The van der Waals surface area contributed by atoms with Gasteiger partial charge in [0, 0.05) is 46.3 Å². The van der Waals surface area contributed by atoms with Crippen molar-refractivity contribution in [1.82, 2.24) is 4.57 Å². The third-order valence-corrected chi connectivity index (χ3v) is 1.82. The molecule has 0 spiro atoms. The first-order chi connectivity index (χ1) is 7.54. The normalized spacial score (nSPS) is 9.88. The highest BCUT2D eigenvalue weighted by atomic mass is 16.8. The maximum Gasteiger partial charge on any atom is 0.270 e. The summed E-state index contributed by atoms with van der Waals surface area (Å²) in [6.45, 7) is 1.05. The number of nitrogens with zero attached hydrogens (tertiary/aromatic N) is 1. The van der Waals surface area contributed by atoms with Crippen LogP contribution in [0.15, 0.2) is 18.5 Å². The minimum Gasteiger partial charge on any atom is -0.357 e. The molecule has 0 saturated heterocycles. The van der Waals surface area contributed by atoms with Crippen molar-refractivity contribution in [2.24, 2.45) is 7.05 Å². The first-order valence-corrected chi connectivity index (χ1v) is 4.76. The molecular formula is C11H19NO4. The maximum absolute atomic E-state index is 10.6. The van der Waals surface area contributed by atoms with Crippen LogP contribution in [0.2, 0.25) is 0 Å². The Morgan fingerprint density at radius 3 is 1.88 bits per heavy atom. The van der Waals surface area contributed by atoms with Gasteiger partial charge in [0.05, 0.1) is 0 Å². The van der Waals surface area contributed by atoms with Crippen LogP contribution in [0.5, 0.6) is 0 Å². The minimum absolute atomic E-state index is 0.121. The zero-order valence-electron chi connectivity index (χ0n) is 10.4. The highest BCUT2D eigenvalue weighted by Gasteiger charge is 1.97. The van der Waals surface area contributed by atoms with Crippen LogP contribution in [0.1, 0.15) is 17.3 Å². The van der Waals surface area contributed by atoms with Gasteiger partial charge >= 0.3 is 0 Å². The molecule has 0 saturated carbocycles. The fourth-order valence-corrected chi connectivity index (χ4v) is 1.00. The van der Waals surface area contributed by atoms with Gasteiger partial charge in [-0.1, -0.05) is 0 Å². The van der Waals surface area contributed by atoms with Gasteiger partial charge in [-0.25, -0.2) is 0 Å². The van der Waals surface area contributed by atoms with E-state index in [1.54, 1.807) is 6.92 Å². The van der Waals surface area contributed by atoms with Crippen LogP contribution < -0.4 is 0 Å². The molecule has 0 aliphatic rings. The monoisotopic (exact) mass is 229 g/mol. The predicted octanol–water partition coefficient (Wildman–Crippen LogP) is 1.44. The van der Waals surface area contributed by atoms with E-state index in [9.17, 15) is 4.79 Å². The Labute approximate surface area is 95.9 Å². The SMILES string of the molecule is CC(=O)c1ccn(C)c1.COC(OC)OC. The molecule has 0 bridgehead atoms. The van der Waals surface area contributed by atoms with E-state index in [2.05, 4.69) is 14.2 Å². The summed E-state index contributed by atoms with van der Waals surface area (Å²) in [4.78, 5) is 10.6. The number of methoxy groups -OCH3 is 3. The molecule has 5 heteroatoms. The Morgan fingerprint density at radius 1 is 1.25 bits per heavy atom. The fourth-order valence-electron chi connectivity index (χ4n) is 1.00. The van der Waals surface area contributed by atoms with Crippen molar-refractivity contribution < 1.29 is 19.0 Å². The van der Waals surface area contributed by atoms with Crippen LogP contribution in [-0.4, -0.2) is 38.2 Å². The first kappa shape index (κ1) is 14.8. The van der Waals surface area contributed by atoms with Crippen molar-refractivity contribution in [3.05, 3.63) is 24.0 Å². The lowest BCUT2D eigenvalue weighted by Gasteiger charge is -2.08. The van der Waals surface area contributed by atoms with Crippen molar-refractivity contribution in [2.75, 3.05) is 21.3 Å². The van der Waals surface area contributed by atoms with Gasteiger partial charge in [-0.2, -0.15) is 0 Å². The second-order valence-corrected chi connectivity index (χ2v) is 3.12. The van der Waals surface area contributed by atoms with E-state index in [4.69, 9.17) is 0 Å². The Kier molecular flexibility index (Phi) is 7.45. The van der Waals surface area contributed by atoms with Crippen LogP contribution >= 0.6 is 0 Å². The van der Waals surface area contributed by atoms with Crippen LogP contribution in [0, 0.1) is 0 Å². The van der Waals surface area contributed by atoms with Crippen molar-refractivity contribution in [1.29, 1.82) is 0 Å². The van der Waals surface area contributed by atoms with Gasteiger partial charge in [0.2, 0.25) is 0 Å². The second-order valence-electron chi connectivity index (χ2n) is 3.12. The van der Waals surface area contributed by atoms with Crippen LogP contribution in [-0.2, 0) is 21.3 Å². The molecule has 0 aliphatic heterocycles. The van der Waals surface area contributed by atoms with E-state index in [-0.39, 0.29) is 5.78 Å².